The summed E-state index contributed by atoms with van der Waals surface area (Å²) >= 11 is 5.72. The van der Waals surface area contributed by atoms with Gasteiger partial charge in [-0.05, 0) is 73.6 Å². The van der Waals surface area contributed by atoms with Crippen LogP contribution in [0.25, 0.3) is 10.9 Å². The average molecular weight is 437 g/mol. The van der Waals surface area contributed by atoms with Crippen LogP contribution in [-0.4, -0.2) is 39.2 Å². The van der Waals surface area contributed by atoms with Crippen molar-refractivity contribution in [3.63, 3.8) is 0 Å². The topological polar surface area (TPSA) is 70.2 Å². The van der Waals surface area contributed by atoms with Crippen molar-refractivity contribution in [1.82, 2.24) is 20.2 Å². The molecule has 0 spiro atoms. The molecule has 0 saturated carbocycles. The van der Waals surface area contributed by atoms with Crippen LogP contribution < -0.4 is 10.9 Å². The number of hydrogen-bond acceptors (Lipinski definition) is 4. The Kier molecular flexibility index (Phi) is 6.63. The Morgan fingerprint density at radius 2 is 2.19 bits per heavy atom. The second-order valence-electron chi connectivity index (χ2n) is 8.21. The molecule has 2 N–H and O–H groups in total. The van der Waals surface area contributed by atoms with Gasteiger partial charge in [0.05, 0.1) is 18.2 Å². The molecule has 1 fully saturated rings. The van der Waals surface area contributed by atoms with Gasteiger partial charge in [-0.25, -0.2) is 0 Å². The fourth-order valence-corrected chi connectivity index (χ4v) is 4.30. The first-order chi connectivity index (χ1) is 15.0. The van der Waals surface area contributed by atoms with Gasteiger partial charge in [0.1, 0.15) is 0 Å². The molecule has 3 heterocycles. The first-order valence-corrected chi connectivity index (χ1v) is 11.1. The van der Waals surface area contributed by atoms with Crippen molar-refractivity contribution in [2.24, 2.45) is 0 Å². The summed E-state index contributed by atoms with van der Waals surface area (Å²) in [7, 11) is 0. The highest BCUT2D eigenvalue weighted by Crippen LogP contribution is 2.19. The number of aromatic amines is 1. The summed E-state index contributed by atoms with van der Waals surface area (Å²) < 4.78 is 5.70. The number of ether oxygens (including phenoxy) is 1. The molecule has 1 aromatic carbocycles. The van der Waals surface area contributed by atoms with Gasteiger partial charge in [-0.2, -0.15) is 0 Å². The molecule has 162 valence electrons. The smallest absolute Gasteiger partial charge is 0.253 e. The van der Waals surface area contributed by atoms with Crippen LogP contribution in [0.4, 0.5) is 0 Å². The van der Waals surface area contributed by atoms with E-state index < -0.39 is 0 Å². The molecule has 0 aliphatic carbocycles. The normalized spacial score (nSPS) is 15.9. The number of pyridine rings is 2. The molecule has 0 amide bonds. The Hall–Kier alpha value is -2.77. The van der Waals surface area contributed by atoms with Crippen LogP contribution in [0.1, 0.15) is 35.1 Å². The molecule has 1 atom stereocenters. The predicted molar refractivity (Wildman–Crippen MR) is 127 cm³/mol. The van der Waals surface area contributed by atoms with Crippen LogP contribution in [0.2, 0.25) is 0 Å². The van der Waals surface area contributed by atoms with E-state index in [-0.39, 0.29) is 11.7 Å². The number of rotatable bonds is 6. The monoisotopic (exact) mass is 436 g/mol. The fraction of sp³-hybridized carbons (Fsp3) is 0.375. The zero-order chi connectivity index (χ0) is 21.8. The van der Waals surface area contributed by atoms with Gasteiger partial charge >= 0.3 is 0 Å². The highest BCUT2D eigenvalue weighted by Gasteiger charge is 2.19. The number of hydrogen-bond donors (Lipinski definition) is 2. The third-order valence-corrected chi connectivity index (χ3v) is 6.02. The summed E-state index contributed by atoms with van der Waals surface area (Å²) in [4.78, 5) is 22.2. The van der Waals surface area contributed by atoms with Gasteiger partial charge in [-0.1, -0.05) is 17.7 Å². The highest BCUT2D eigenvalue weighted by molar-refractivity contribution is 7.80. The number of aryl methyl sites for hydroxylation is 2. The van der Waals surface area contributed by atoms with Crippen molar-refractivity contribution in [3.05, 3.63) is 75.3 Å². The Morgan fingerprint density at radius 3 is 2.94 bits per heavy atom. The summed E-state index contributed by atoms with van der Waals surface area (Å²) in [5.41, 5.74) is 4.76. The van der Waals surface area contributed by atoms with Crippen LogP contribution in [0.15, 0.2) is 47.5 Å². The zero-order valence-corrected chi connectivity index (χ0v) is 18.8. The molecular formula is C24H28N4O2S. The Morgan fingerprint density at radius 1 is 1.32 bits per heavy atom. The van der Waals surface area contributed by atoms with Crippen LogP contribution in [0.3, 0.4) is 0 Å². The molecule has 31 heavy (non-hydrogen) atoms. The minimum atomic E-state index is -0.0856. The maximum absolute atomic E-state index is 12.9. The lowest BCUT2D eigenvalue weighted by Crippen LogP contribution is -2.42. The molecule has 2 aromatic heterocycles. The van der Waals surface area contributed by atoms with Gasteiger partial charge in [0.15, 0.2) is 5.11 Å². The molecule has 4 rings (SSSR count). The van der Waals surface area contributed by atoms with E-state index in [0.717, 1.165) is 41.5 Å². The van der Waals surface area contributed by atoms with Gasteiger partial charge in [0.25, 0.3) is 5.56 Å². The molecule has 1 aliphatic heterocycles. The molecular weight excluding hydrogens is 408 g/mol. The van der Waals surface area contributed by atoms with E-state index in [2.05, 4.69) is 34.3 Å². The van der Waals surface area contributed by atoms with E-state index in [1.54, 1.807) is 6.20 Å². The first-order valence-electron chi connectivity index (χ1n) is 10.7. The minimum Gasteiger partial charge on any atom is -0.376 e. The average Bonchev–Trinajstić information content (AvgIpc) is 3.27. The van der Waals surface area contributed by atoms with Gasteiger partial charge in [-0.3, -0.25) is 9.78 Å². The SMILES string of the molecule is Cc1cc(C)c2[nH]c(=O)c(CN(Cc3cccnc3)C(=S)NC[C@H]3CCCO3)cc2c1. The molecule has 1 aliphatic rings. The third kappa shape index (κ3) is 5.29. The Bertz CT molecular complexity index is 1120. The second-order valence-corrected chi connectivity index (χ2v) is 8.59. The molecule has 7 heteroatoms. The number of nitrogens with zero attached hydrogens (tertiary/aromatic N) is 2. The molecule has 3 aromatic rings. The number of nitrogens with one attached hydrogen (secondary N) is 2. The van der Waals surface area contributed by atoms with E-state index >= 15 is 0 Å². The van der Waals surface area contributed by atoms with E-state index in [1.807, 2.05) is 36.2 Å². The lowest BCUT2D eigenvalue weighted by molar-refractivity contribution is 0.113. The number of H-pyrrole nitrogens is 1. The Balaban J connectivity index is 1.59. The zero-order valence-electron chi connectivity index (χ0n) is 18.0. The maximum Gasteiger partial charge on any atom is 0.253 e. The number of benzene rings is 1. The summed E-state index contributed by atoms with van der Waals surface area (Å²) in [6, 6.07) is 10.1. The van der Waals surface area contributed by atoms with Gasteiger partial charge < -0.3 is 19.9 Å². The van der Waals surface area contributed by atoms with Crippen molar-refractivity contribution in [2.45, 2.75) is 45.9 Å². The largest absolute Gasteiger partial charge is 0.376 e. The van der Waals surface area contributed by atoms with Crippen LogP contribution >= 0.6 is 12.2 Å². The van der Waals surface area contributed by atoms with Gasteiger partial charge in [0, 0.05) is 37.7 Å². The molecule has 1 saturated heterocycles. The van der Waals surface area contributed by atoms with Crippen molar-refractivity contribution >= 4 is 28.2 Å². The number of aromatic nitrogens is 2. The number of fused-ring (bicyclic) bond motifs is 1. The summed E-state index contributed by atoms with van der Waals surface area (Å²) in [6.07, 6.45) is 5.90. The van der Waals surface area contributed by atoms with Crippen LogP contribution in [0, 0.1) is 13.8 Å². The van der Waals surface area contributed by atoms with Crippen molar-refractivity contribution in [1.29, 1.82) is 0 Å². The maximum atomic E-state index is 12.9. The molecule has 6 nitrogen and oxygen atoms in total. The van der Waals surface area contributed by atoms with E-state index in [0.29, 0.717) is 30.3 Å². The van der Waals surface area contributed by atoms with E-state index in [1.165, 1.54) is 5.56 Å². The Labute approximate surface area is 187 Å². The third-order valence-electron chi connectivity index (χ3n) is 5.62. The summed E-state index contributed by atoms with van der Waals surface area (Å²) in [5, 5.41) is 4.98. The lowest BCUT2D eigenvalue weighted by Gasteiger charge is -2.27. The van der Waals surface area contributed by atoms with Crippen molar-refractivity contribution in [2.75, 3.05) is 13.2 Å². The van der Waals surface area contributed by atoms with Gasteiger partial charge in [0.2, 0.25) is 0 Å². The second kappa shape index (κ2) is 9.58. The van der Waals surface area contributed by atoms with Crippen LogP contribution in [-0.2, 0) is 17.8 Å². The van der Waals surface area contributed by atoms with Crippen molar-refractivity contribution < 1.29 is 4.74 Å². The molecule has 0 radical (unpaired) electrons. The molecule has 0 bridgehead atoms. The van der Waals surface area contributed by atoms with Gasteiger partial charge in [-0.15, -0.1) is 0 Å². The lowest BCUT2D eigenvalue weighted by atomic mass is 10.1. The minimum absolute atomic E-state index is 0.0856. The highest BCUT2D eigenvalue weighted by atomic mass is 32.1. The van der Waals surface area contributed by atoms with E-state index in [9.17, 15) is 4.79 Å². The van der Waals surface area contributed by atoms with E-state index in [4.69, 9.17) is 17.0 Å². The van der Waals surface area contributed by atoms with Crippen LogP contribution in [0.5, 0.6) is 0 Å². The number of thiocarbonyl (C=S) groups is 1. The fourth-order valence-electron chi connectivity index (χ4n) is 4.09. The summed E-state index contributed by atoms with van der Waals surface area (Å²) in [6.45, 7) is 6.54. The van der Waals surface area contributed by atoms with Crippen molar-refractivity contribution in [3.8, 4) is 0 Å². The standard InChI is InChI=1S/C24H28N4O2S/c1-16-9-17(2)22-19(10-16)11-20(23(29)27-22)15-28(14-18-5-3-7-25-12-18)24(31)26-13-21-6-4-8-30-21/h3,5,7,9-12,21H,4,6,8,13-15H2,1-2H3,(H,26,31)(H,27,29)/t21-/m1/s1. The summed E-state index contributed by atoms with van der Waals surface area (Å²) in [5.74, 6) is 0. The quantitative estimate of drug-likeness (QED) is 0.576. The predicted octanol–water partition coefficient (Wildman–Crippen LogP) is 3.60. The first kappa shape index (κ1) is 21.5. The molecule has 0 unspecified atom stereocenters.